The van der Waals surface area contributed by atoms with Crippen LogP contribution in [0.3, 0.4) is 0 Å². The van der Waals surface area contributed by atoms with E-state index in [1.807, 2.05) is 13.8 Å². The number of aryl methyl sites for hydroxylation is 2. The Morgan fingerprint density at radius 2 is 1.77 bits per heavy atom. The molecule has 13 heavy (non-hydrogen) atoms. The van der Waals surface area contributed by atoms with E-state index in [0.717, 1.165) is 17.0 Å². The van der Waals surface area contributed by atoms with Gasteiger partial charge in [0.05, 0.1) is 0 Å². The summed E-state index contributed by atoms with van der Waals surface area (Å²) in [4.78, 5) is 17.6. The zero-order valence-electron chi connectivity index (χ0n) is 8.86. The smallest absolute Gasteiger partial charge is 0.310 e. The van der Waals surface area contributed by atoms with E-state index in [0.29, 0.717) is 0 Å². The Morgan fingerprint density at radius 1 is 1.23 bits per heavy atom. The van der Waals surface area contributed by atoms with E-state index in [-0.39, 0.29) is 11.1 Å². The second-order valence-electron chi connectivity index (χ2n) is 4.38. The number of nitrogens with one attached hydrogen (secondary N) is 1. The third-order valence-corrected chi connectivity index (χ3v) is 2.05. The topological polar surface area (TPSA) is 45.8 Å². The van der Waals surface area contributed by atoms with Crippen molar-refractivity contribution in [1.29, 1.82) is 0 Å². The van der Waals surface area contributed by atoms with Gasteiger partial charge in [-0.15, -0.1) is 0 Å². The van der Waals surface area contributed by atoms with Crippen LogP contribution >= 0.6 is 0 Å². The first-order chi connectivity index (χ1) is 5.82. The van der Waals surface area contributed by atoms with Gasteiger partial charge in [-0.1, -0.05) is 20.8 Å². The van der Waals surface area contributed by atoms with Crippen LogP contribution in [0.5, 0.6) is 0 Å². The second kappa shape index (κ2) is 2.98. The lowest BCUT2D eigenvalue weighted by Crippen LogP contribution is -2.23. The third-order valence-electron chi connectivity index (χ3n) is 2.05. The van der Waals surface area contributed by atoms with Gasteiger partial charge in [0.2, 0.25) is 0 Å². The second-order valence-corrected chi connectivity index (χ2v) is 4.38. The summed E-state index contributed by atoms with van der Waals surface area (Å²) in [5.41, 5.74) is 2.65. The molecule has 3 heteroatoms. The number of hydrogen-bond acceptors (Lipinski definition) is 2. The molecule has 0 radical (unpaired) electrons. The molecule has 1 N–H and O–H groups in total. The van der Waals surface area contributed by atoms with E-state index in [1.165, 1.54) is 0 Å². The van der Waals surface area contributed by atoms with Crippen molar-refractivity contribution in [2.75, 3.05) is 0 Å². The number of rotatable bonds is 0. The highest BCUT2D eigenvalue weighted by Crippen LogP contribution is 2.25. The Kier molecular flexibility index (Phi) is 2.28. The molecule has 0 aliphatic rings. The summed E-state index contributed by atoms with van der Waals surface area (Å²) < 4.78 is 0. The lowest BCUT2D eigenvalue weighted by Gasteiger charge is -2.22. The average Bonchev–Trinajstić information content (AvgIpc) is 1.78. The monoisotopic (exact) mass is 180 g/mol. The van der Waals surface area contributed by atoms with Gasteiger partial charge in [-0.2, -0.15) is 4.98 Å². The molecule has 0 bridgehead atoms. The first-order valence-electron chi connectivity index (χ1n) is 4.40. The van der Waals surface area contributed by atoms with Gasteiger partial charge in [0, 0.05) is 11.4 Å². The fraction of sp³-hybridized carbons (Fsp3) is 0.600. The molecule has 0 aliphatic heterocycles. The Labute approximate surface area is 78.2 Å². The highest BCUT2D eigenvalue weighted by Gasteiger charge is 2.20. The third kappa shape index (κ3) is 1.97. The number of aromatic amines is 1. The first kappa shape index (κ1) is 9.96. The van der Waals surface area contributed by atoms with Crippen LogP contribution in [0.15, 0.2) is 4.79 Å². The van der Waals surface area contributed by atoms with Crippen molar-refractivity contribution in [3.05, 3.63) is 27.4 Å². The van der Waals surface area contributed by atoms with Crippen LogP contribution in [0.4, 0.5) is 0 Å². The summed E-state index contributed by atoms with van der Waals surface area (Å²) in [5, 5.41) is 0. The van der Waals surface area contributed by atoms with Gasteiger partial charge in [0.1, 0.15) is 0 Å². The predicted octanol–water partition coefficient (Wildman–Crippen LogP) is 1.68. The van der Waals surface area contributed by atoms with Crippen LogP contribution in [-0.4, -0.2) is 9.97 Å². The van der Waals surface area contributed by atoms with Crippen molar-refractivity contribution in [2.24, 2.45) is 0 Å². The zero-order valence-corrected chi connectivity index (χ0v) is 8.86. The molecule has 0 unspecified atom stereocenters. The van der Waals surface area contributed by atoms with Crippen molar-refractivity contribution >= 4 is 0 Å². The first-order valence-corrected chi connectivity index (χ1v) is 4.40. The molecule has 0 spiro atoms. The molecular formula is C10H16N2O. The Hall–Kier alpha value is -1.12. The van der Waals surface area contributed by atoms with Gasteiger partial charge in [0.15, 0.2) is 0 Å². The lowest BCUT2D eigenvalue weighted by atomic mass is 9.85. The maximum atomic E-state index is 11.0. The number of nitrogens with zero attached hydrogens (tertiary/aromatic N) is 1. The Morgan fingerprint density at radius 3 is 2.15 bits per heavy atom. The van der Waals surface area contributed by atoms with Crippen LogP contribution < -0.4 is 5.69 Å². The minimum Gasteiger partial charge on any atom is -0.310 e. The van der Waals surface area contributed by atoms with Crippen LogP contribution in [0.25, 0.3) is 0 Å². The zero-order chi connectivity index (χ0) is 10.2. The van der Waals surface area contributed by atoms with Crippen LogP contribution in [0.2, 0.25) is 0 Å². The Bertz CT molecular complexity index is 345. The normalized spacial score (nSPS) is 11.8. The summed E-state index contributed by atoms with van der Waals surface area (Å²) >= 11 is 0. The molecule has 0 aliphatic carbocycles. The quantitative estimate of drug-likeness (QED) is 0.660. The Balaban J connectivity index is 3.47. The molecule has 72 valence electrons. The minimum absolute atomic E-state index is 0.0331. The van der Waals surface area contributed by atoms with Crippen LogP contribution in [0.1, 0.15) is 37.7 Å². The molecule has 1 aromatic rings. The van der Waals surface area contributed by atoms with Crippen LogP contribution in [-0.2, 0) is 5.41 Å². The maximum absolute atomic E-state index is 11.0. The number of aromatic nitrogens is 2. The average molecular weight is 180 g/mol. The highest BCUT2D eigenvalue weighted by atomic mass is 16.1. The summed E-state index contributed by atoms with van der Waals surface area (Å²) in [5.74, 6) is 0. The molecule has 0 atom stereocenters. The molecule has 0 aromatic carbocycles. The van der Waals surface area contributed by atoms with E-state index < -0.39 is 0 Å². The van der Waals surface area contributed by atoms with Gasteiger partial charge >= 0.3 is 5.69 Å². The van der Waals surface area contributed by atoms with Gasteiger partial charge in [0.25, 0.3) is 0 Å². The SMILES string of the molecule is Cc1nc(=O)[nH]c(C)c1C(C)(C)C. The standard InChI is InChI=1S/C10H16N2O/c1-6-8(10(3,4)5)7(2)12-9(13)11-6/h1-5H3,(H,11,12,13). The lowest BCUT2D eigenvalue weighted by molar-refractivity contribution is 0.571. The van der Waals surface area contributed by atoms with E-state index in [1.54, 1.807) is 0 Å². The summed E-state index contributed by atoms with van der Waals surface area (Å²) in [7, 11) is 0. The number of hydrogen-bond donors (Lipinski definition) is 1. The van der Waals surface area contributed by atoms with E-state index >= 15 is 0 Å². The molecule has 1 rings (SSSR count). The summed E-state index contributed by atoms with van der Waals surface area (Å²) in [6.07, 6.45) is 0. The summed E-state index contributed by atoms with van der Waals surface area (Å²) in [6, 6.07) is 0. The molecule has 1 aromatic heterocycles. The highest BCUT2D eigenvalue weighted by molar-refractivity contribution is 5.29. The molecule has 0 amide bonds. The van der Waals surface area contributed by atoms with Crippen molar-refractivity contribution in [3.8, 4) is 0 Å². The van der Waals surface area contributed by atoms with Gasteiger partial charge in [-0.3, -0.25) is 0 Å². The minimum atomic E-state index is -0.261. The predicted molar refractivity (Wildman–Crippen MR) is 53.0 cm³/mol. The van der Waals surface area contributed by atoms with Gasteiger partial charge in [-0.05, 0) is 24.8 Å². The largest absolute Gasteiger partial charge is 0.345 e. The molecule has 1 heterocycles. The molecule has 0 saturated heterocycles. The molecule has 3 nitrogen and oxygen atoms in total. The van der Waals surface area contributed by atoms with Crippen molar-refractivity contribution in [3.63, 3.8) is 0 Å². The fourth-order valence-electron chi connectivity index (χ4n) is 1.84. The van der Waals surface area contributed by atoms with Gasteiger partial charge < -0.3 is 4.98 Å². The summed E-state index contributed by atoms with van der Waals surface area (Å²) in [6.45, 7) is 10.1. The van der Waals surface area contributed by atoms with Crippen molar-refractivity contribution in [2.45, 2.75) is 40.0 Å². The van der Waals surface area contributed by atoms with E-state index in [4.69, 9.17) is 0 Å². The number of H-pyrrole nitrogens is 1. The van der Waals surface area contributed by atoms with E-state index in [2.05, 4.69) is 30.7 Å². The van der Waals surface area contributed by atoms with Crippen molar-refractivity contribution in [1.82, 2.24) is 9.97 Å². The molecule has 0 fully saturated rings. The molecular weight excluding hydrogens is 164 g/mol. The fourth-order valence-corrected chi connectivity index (χ4v) is 1.84. The van der Waals surface area contributed by atoms with E-state index in [9.17, 15) is 4.79 Å². The van der Waals surface area contributed by atoms with Crippen LogP contribution in [0, 0.1) is 13.8 Å². The maximum Gasteiger partial charge on any atom is 0.345 e. The van der Waals surface area contributed by atoms with Crippen molar-refractivity contribution < 1.29 is 0 Å². The van der Waals surface area contributed by atoms with Gasteiger partial charge in [-0.25, -0.2) is 4.79 Å². The molecule has 0 saturated carbocycles.